The van der Waals surface area contributed by atoms with E-state index >= 15 is 0 Å². The zero-order chi connectivity index (χ0) is 21.9. The minimum absolute atomic E-state index is 0.0217. The van der Waals surface area contributed by atoms with Gasteiger partial charge in [0, 0.05) is 47.8 Å². The minimum Gasteiger partial charge on any atom is -0.378 e. The fourth-order valence-electron chi connectivity index (χ4n) is 4.25. The molecule has 1 fully saturated rings. The first-order valence-corrected chi connectivity index (χ1v) is 10.9. The highest BCUT2D eigenvalue weighted by Crippen LogP contribution is 2.29. The van der Waals surface area contributed by atoms with Gasteiger partial charge in [0.1, 0.15) is 0 Å². The fraction of sp³-hybridized carbons (Fsp3) is 0.231. The molecule has 0 aromatic heterocycles. The Labute approximate surface area is 187 Å². The Balaban J connectivity index is 1.23. The lowest BCUT2D eigenvalue weighted by Crippen LogP contribution is -2.36. The summed E-state index contributed by atoms with van der Waals surface area (Å²) in [6, 6.07) is 22.7. The first-order valence-electron chi connectivity index (χ1n) is 10.9. The maximum absolute atomic E-state index is 13.0. The van der Waals surface area contributed by atoms with E-state index in [4.69, 9.17) is 4.74 Å². The molecule has 2 amide bonds. The molecule has 0 spiro atoms. The Morgan fingerprint density at radius 2 is 1.47 bits per heavy atom. The van der Waals surface area contributed by atoms with Crippen molar-refractivity contribution in [2.45, 2.75) is 6.42 Å². The zero-order valence-corrected chi connectivity index (χ0v) is 17.8. The van der Waals surface area contributed by atoms with Gasteiger partial charge in [0.05, 0.1) is 13.2 Å². The highest BCUT2D eigenvalue weighted by Gasteiger charge is 2.25. The van der Waals surface area contributed by atoms with Gasteiger partial charge >= 0.3 is 0 Å². The van der Waals surface area contributed by atoms with Gasteiger partial charge in [0.2, 0.25) is 0 Å². The smallest absolute Gasteiger partial charge is 0.258 e. The van der Waals surface area contributed by atoms with Crippen molar-refractivity contribution in [2.75, 3.05) is 48.0 Å². The molecule has 6 nitrogen and oxygen atoms in total. The molecule has 5 rings (SSSR count). The summed E-state index contributed by atoms with van der Waals surface area (Å²) in [6.07, 6.45) is 0.875. The van der Waals surface area contributed by atoms with Crippen LogP contribution in [0.25, 0.3) is 0 Å². The molecule has 32 heavy (non-hydrogen) atoms. The molecule has 0 unspecified atom stereocenters. The van der Waals surface area contributed by atoms with E-state index in [9.17, 15) is 9.59 Å². The van der Waals surface area contributed by atoms with Gasteiger partial charge in [-0.15, -0.1) is 0 Å². The number of carbonyl (C=O) groups excluding carboxylic acids is 2. The van der Waals surface area contributed by atoms with Crippen molar-refractivity contribution in [3.05, 3.63) is 89.5 Å². The van der Waals surface area contributed by atoms with Crippen LogP contribution in [0.15, 0.2) is 72.8 Å². The van der Waals surface area contributed by atoms with Crippen LogP contribution in [-0.4, -0.2) is 44.7 Å². The van der Waals surface area contributed by atoms with Crippen molar-refractivity contribution in [1.82, 2.24) is 0 Å². The van der Waals surface area contributed by atoms with E-state index in [1.807, 2.05) is 47.4 Å². The molecule has 0 bridgehead atoms. The number of ether oxygens (including phenoxy) is 1. The first-order chi connectivity index (χ1) is 15.7. The van der Waals surface area contributed by atoms with Gasteiger partial charge in [0.15, 0.2) is 0 Å². The van der Waals surface area contributed by atoms with E-state index in [2.05, 4.69) is 16.3 Å². The fourth-order valence-corrected chi connectivity index (χ4v) is 4.25. The van der Waals surface area contributed by atoms with E-state index < -0.39 is 0 Å². The monoisotopic (exact) mass is 427 g/mol. The van der Waals surface area contributed by atoms with Crippen molar-refractivity contribution in [1.29, 1.82) is 0 Å². The third-order valence-corrected chi connectivity index (χ3v) is 6.03. The number of para-hydroxylation sites is 1. The second kappa shape index (κ2) is 8.85. The standard InChI is InChI=1S/C26H25N3O3/c30-25(20-7-11-23(12-8-20)28-15-17-32-18-16-28)27-22-9-5-21(6-10-22)26(31)29-14-13-19-3-1-2-4-24(19)29/h1-12H,13-18H2,(H,27,30). The lowest BCUT2D eigenvalue weighted by molar-refractivity contribution is 0.0988. The normalized spacial score (nSPS) is 15.4. The van der Waals surface area contributed by atoms with E-state index in [1.165, 1.54) is 5.56 Å². The molecule has 162 valence electrons. The van der Waals surface area contributed by atoms with Gasteiger partial charge < -0.3 is 19.9 Å². The number of fused-ring (bicyclic) bond motifs is 1. The van der Waals surface area contributed by atoms with Gasteiger partial charge in [-0.05, 0) is 66.6 Å². The van der Waals surface area contributed by atoms with Crippen LogP contribution in [0.5, 0.6) is 0 Å². The van der Waals surface area contributed by atoms with Gasteiger partial charge in [-0.3, -0.25) is 9.59 Å². The number of hydrogen-bond acceptors (Lipinski definition) is 4. The summed E-state index contributed by atoms with van der Waals surface area (Å²) in [4.78, 5) is 29.7. The molecule has 0 radical (unpaired) electrons. The molecule has 2 heterocycles. The number of benzene rings is 3. The van der Waals surface area contributed by atoms with E-state index in [0.29, 0.717) is 23.4 Å². The Hall–Kier alpha value is -3.64. The lowest BCUT2D eigenvalue weighted by Gasteiger charge is -2.28. The Morgan fingerprint density at radius 1 is 0.781 bits per heavy atom. The van der Waals surface area contributed by atoms with E-state index in [1.54, 1.807) is 24.3 Å². The molecule has 1 N–H and O–H groups in total. The van der Waals surface area contributed by atoms with Crippen LogP contribution < -0.4 is 15.1 Å². The lowest BCUT2D eigenvalue weighted by atomic mass is 10.1. The number of carbonyl (C=O) groups is 2. The molecule has 0 saturated carbocycles. The summed E-state index contributed by atoms with van der Waals surface area (Å²) in [6.45, 7) is 3.87. The topological polar surface area (TPSA) is 61.9 Å². The Morgan fingerprint density at radius 3 is 2.22 bits per heavy atom. The van der Waals surface area contributed by atoms with E-state index in [-0.39, 0.29) is 11.8 Å². The number of amides is 2. The predicted octanol–water partition coefficient (Wildman–Crippen LogP) is 3.98. The van der Waals surface area contributed by atoms with Gasteiger partial charge in [-0.1, -0.05) is 18.2 Å². The maximum Gasteiger partial charge on any atom is 0.258 e. The average Bonchev–Trinajstić information content (AvgIpc) is 3.29. The largest absolute Gasteiger partial charge is 0.378 e. The van der Waals surface area contributed by atoms with Gasteiger partial charge in [0.25, 0.3) is 11.8 Å². The molecule has 3 aromatic carbocycles. The van der Waals surface area contributed by atoms with Crippen LogP contribution in [0.1, 0.15) is 26.3 Å². The molecule has 2 aliphatic rings. The number of anilines is 3. The quantitative estimate of drug-likeness (QED) is 0.684. The van der Waals surface area contributed by atoms with Crippen LogP contribution in [0, 0.1) is 0 Å². The van der Waals surface area contributed by atoms with Gasteiger partial charge in [-0.2, -0.15) is 0 Å². The molecule has 3 aromatic rings. The summed E-state index contributed by atoms with van der Waals surface area (Å²) in [7, 11) is 0. The third kappa shape index (κ3) is 4.09. The maximum atomic E-state index is 13.0. The van der Waals surface area contributed by atoms with Gasteiger partial charge in [-0.25, -0.2) is 0 Å². The Kier molecular flexibility index (Phi) is 5.60. The molecule has 0 aliphatic carbocycles. The third-order valence-electron chi connectivity index (χ3n) is 6.03. The molecule has 6 heteroatoms. The SMILES string of the molecule is O=C(Nc1ccc(C(=O)N2CCc3ccccc32)cc1)c1ccc(N2CCOCC2)cc1. The van der Waals surface area contributed by atoms with Crippen molar-refractivity contribution in [3.63, 3.8) is 0 Å². The minimum atomic E-state index is -0.175. The zero-order valence-electron chi connectivity index (χ0n) is 17.8. The van der Waals surface area contributed by atoms with Crippen LogP contribution in [0.3, 0.4) is 0 Å². The second-order valence-corrected chi connectivity index (χ2v) is 8.01. The number of hydrogen-bond donors (Lipinski definition) is 1. The van der Waals surface area contributed by atoms with Crippen molar-refractivity contribution in [3.8, 4) is 0 Å². The average molecular weight is 428 g/mol. The second-order valence-electron chi connectivity index (χ2n) is 8.01. The summed E-state index contributed by atoms with van der Waals surface area (Å²) >= 11 is 0. The van der Waals surface area contributed by atoms with Crippen molar-refractivity contribution < 1.29 is 14.3 Å². The number of rotatable bonds is 4. The number of nitrogens with zero attached hydrogens (tertiary/aromatic N) is 2. The van der Waals surface area contributed by atoms with Crippen molar-refractivity contribution >= 4 is 28.9 Å². The summed E-state index contributed by atoms with van der Waals surface area (Å²) in [5.74, 6) is -0.197. The van der Waals surface area contributed by atoms with Crippen molar-refractivity contribution in [2.24, 2.45) is 0 Å². The summed E-state index contributed by atoms with van der Waals surface area (Å²) in [5.41, 5.74) is 5.13. The highest BCUT2D eigenvalue weighted by molar-refractivity contribution is 6.08. The van der Waals surface area contributed by atoms with Crippen LogP contribution in [-0.2, 0) is 11.2 Å². The van der Waals surface area contributed by atoms with E-state index in [0.717, 1.165) is 44.1 Å². The molecule has 1 saturated heterocycles. The number of nitrogens with one attached hydrogen (secondary N) is 1. The molecule has 2 aliphatic heterocycles. The van der Waals surface area contributed by atoms with Crippen LogP contribution in [0.4, 0.5) is 17.1 Å². The Bertz CT molecular complexity index is 1120. The van der Waals surface area contributed by atoms with Crippen LogP contribution in [0.2, 0.25) is 0 Å². The highest BCUT2D eigenvalue weighted by atomic mass is 16.5. The first kappa shape index (κ1) is 20.3. The summed E-state index contributed by atoms with van der Waals surface area (Å²) < 4.78 is 5.39. The summed E-state index contributed by atoms with van der Waals surface area (Å²) in [5, 5.41) is 2.91. The molecular weight excluding hydrogens is 402 g/mol. The predicted molar refractivity (Wildman–Crippen MR) is 126 cm³/mol. The number of morpholine rings is 1. The van der Waals surface area contributed by atoms with Crippen LogP contribution >= 0.6 is 0 Å². The molecular formula is C26H25N3O3. The molecule has 0 atom stereocenters.